The van der Waals surface area contributed by atoms with Crippen LogP contribution in [-0.2, 0) is 0 Å². The van der Waals surface area contributed by atoms with Crippen molar-refractivity contribution in [1.82, 2.24) is 4.90 Å². The first-order chi connectivity index (χ1) is 8.54. The quantitative estimate of drug-likeness (QED) is 0.824. The van der Waals surface area contributed by atoms with E-state index in [2.05, 4.69) is 38.1 Å². The van der Waals surface area contributed by atoms with Crippen LogP contribution in [0.15, 0.2) is 24.3 Å². The lowest BCUT2D eigenvalue weighted by Crippen LogP contribution is -2.24. The van der Waals surface area contributed by atoms with Gasteiger partial charge in [-0.05, 0) is 38.7 Å². The minimum atomic E-state index is 0.144. The highest BCUT2D eigenvalue weighted by atomic mass is 32.2. The summed E-state index contributed by atoms with van der Waals surface area (Å²) in [6.45, 7) is 3.14. The molecule has 1 aromatic carbocycles. The van der Waals surface area contributed by atoms with E-state index in [0.717, 1.165) is 18.0 Å². The molecule has 102 valence electrons. The Morgan fingerprint density at radius 2 is 1.89 bits per heavy atom. The standard InChI is InChI=1S/C14H24N2OS/c1-11(15)14(18-10-9-16(2)3)12-5-7-13(17-4)8-6-12/h5-8,11,14H,9-10,15H2,1-4H3. The van der Waals surface area contributed by atoms with Crippen molar-refractivity contribution in [1.29, 1.82) is 0 Å². The molecule has 18 heavy (non-hydrogen) atoms. The van der Waals surface area contributed by atoms with Crippen LogP contribution in [0.1, 0.15) is 17.7 Å². The number of hydrogen-bond donors (Lipinski definition) is 1. The fraction of sp³-hybridized carbons (Fsp3) is 0.571. The van der Waals surface area contributed by atoms with Gasteiger partial charge in [0.15, 0.2) is 0 Å². The average molecular weight is 268 g/mol. The molecule has 0 fully saturated rings. The summed E-state index contributed by atoms with van der Waals surface area (Å²) in [7, 11) is 5.87. The van der Waals surface area contributed by atoms with E-state index in [9.17, 15) is 0 Å². The van der Waals surface area contributed by atoms with Gasteiger partial charge in [0.25, 0.3) is 0 Å². The molecule has 4 heteroatoms. The van der Waals surface area contributed by atoms with E-state index in [0.29, 0.717) is 5.25 Å². The van der Waals surface area contributed by atoms with Crippen molar-refractivity contribution in [2.75, 3.05) is 33.5 Å². The fourth-order valence-corrected chi connectivity index (χ4v) is 3.09. The van der Waals surface area contributed by atoms with Gasteiger partial charge in [-0.3, -0.25) is 0 Å². The van der Waals surface area contributed by atoms with Crippen LogP contribution in [-0.4, -0.2) is 44.4 Å². The second kappa shape index (κ2) is 7.67. The van der Waals surface area contributed by atoms with Gasteiger partial charge in [-0.1, -0.05) is 12.1 Å². The summed E-state index contributed by atoms with van der Waals surface area (Å²) in [4.78, 5) is 2.19. The first-order valence-electron chi connectivity index (χ1n) is 6.20. The average Bonchev–Trinajstić information content (AvgIpc) is 2.34. The van der Waals surface area contributed by atoms with Crippen molar-refractivity contribution < 1.29 is 4.74 Å². The molecule has 0 bridgehead atoms. The lowest BCUT2D eigenvalue weighted by Gasteiger charge is -2.22. The highest BCUT2D eigenvalue weighted by molar-refractivity contribution is 7.99. The van der Waals surface area contributed by atoms with Crippen molar-refractivity contribution in [3.63, 3.8) is 0 Å². The third-order valence-electron chi connectivity index (χ3n) is 2.76. The molecule has 0 aromatic heterocycles. The summed E-state index contributed by atoms with van der Waals surface area (Å²) in [6.07, 6.45) is 0. The van der Waals surface area contributed by atoms with E-state index in [4.69, 9.17) is 10.5 Å². The van der Waals surface area contributed by atoms with Gasteiger partial charge in [0, 0.05) is 23.6 Å². The molecular formula is C14H24N2OS. The maximum Gasteiger partial charge on any atom is 0.118 e. The molecular weight excluding hydrogens is 244 g/mol. The summed E-state index contributed by atoms with van der Waals surface area (Å²) in [5.41, 5.74) is 7.36. The molecule has 0 saturated carbocycles. The molecule has 0 aliphatic carbocycles. The maximum absolute atomic E-state index is 6.09. The van der Waals surface area contributed by atoms with Gasteiger partial charge in [0.2, 0.25) is 0 Å². The molecule has 2 N–H and O–H groups in total. The van der Waals surface area contributed by atoms with Gasteiger partial charge in [0.1, 0.15) is 5.75 Å². The second-order valence-corrected chi connectivity index (χ2v) is 5.98. The van der Waals surface area contributed by atoms with Crippen LogP contribution < -0.4 is 10.5 Å². The molecule has 0 heterocycles. The molecule has 0 aliphatic rings. The summed E-state index contributed by atoms with van der Waals surface area (Å²) in [5, 5.41) is 0.343. The van der Waals surface area contributed by atoms with Crippen LogP contribution in [0, 0.1) is 0 Å². The zero-order valence-corrected chi connectivity index (χ0v) is 12.5. The van der Waals surface area contributed by atoms with Crippen molar-refractivity contribution in [2.24, 2.45) is 5.73 Å². The lowest BCUT2D eigenvalue weighted by atomic mass is 10.1. The third kappa shape index (κ3) is 4.88. The first-order valence-corrected chi connectivity index (χ1v) is 7.25. The van der Waals surface area contributed by atoms with Crippen LogP contribution >= 0.6 is 11.8 Å². The molecule has 0 amide bonds. The van der Waals surface area contributed by atoms with Gasteiger partial charge < -0.3 is 15.4 Å². The minimum absolute atomic E-state index is 0.144. The Kier molecular flexibility index (Phi) is 6.54. The van der Waals surface area contributed by atoms with E-state index in [1.54, 1.807) is 7.11 Å². The Labute approximate surface area is 115 Å². The van der Waals surface area contributed by atoms with Gasteiger partial charge in [-0.2, -0.15) is 11.8 Å². The summed E-state index contributed by atoms with van der Waals surface area (Å²) in [6, 6.07) is 8.35. The number of hydrogen-bond acceptors (Lipinski definition) is 4. The zero-order chi connectivity index (χ0) is 13.5. The molecule has 0 radical (unpaired) electrons. The number of rotatable bonds is 7. The van der Waals surface area contributed by atoms with Gasteiger partial charge in [-0.25, -0.2) is 0 Å². The molecule has 1 aromatic rings. The lowest BCUT2D eigenvalue weighted by molar-refractivity contribution is 0.414. The smallest absolute Gasteiger partial charge is 0.118 e. The monoisotopic (exact) mass is 268 g/mol. The van der Waals surface area contributed by atoms with E-state index < -0.39 is 0 Å². The molecule has 0 saturated heterocycles. The van der Waals surface area contributed by atoms with Crippen molar-refractivity contribution in [2.45, 2.75) is 18.2 Å². The Hall–Kier alpha value is -0.710. The van der Waals surface area contributed by atoms with Crippen molar-refractivity contribution >= 4 is 11.8 Å². The van der Waals surface area contributed by atoms with E-state index >= 15 is 0 Å². The molecule has 3 nitrogen and oxygen atoms in total. The molecule has 0 aliphatic heterocycles. The van der Waals surface area contributed by atoms with Crippen LogP contribution in [0.2, 0.25) is 0 Å². The summed E-state index contributed by atoms with van der Waals surface area (Å²) < 4.78 is 5.18. The predicted molar refractivity (Wildman–Crippen MR) is 80.4 cm³/mol. The number of ether oxygens (including phenoxy) is 1. The maximum atomic E-state index is 6.09. The van der Waals surface area contributed by atoms with Crippen molar-refractivity contribution in [3.8, 4) is 5.75 Å². The normalized spacial score (nSPS) is 14.6. The van der Waals surface area contributed by atoms with Crippen LogP contribution in [0.25, 0.3) is 0 Å². The van der Waals surface area contributed by atoms with E-state index in [1.165, 1.54) is 5.56 Å². The summed E-state index contributed by atoms with van der Waals surface area (Å²) in [5.74, 6) is 1.98. The third-order valence-corrected chi connectivity index (χ3v) is 4.24. The van der Waals surface area contributed by atoms with Crippen molar-refractivity contribution in [3.05, 3.63) is 29.8 Å². The zero-order valence-electron chi connectivity index (χ0n) is 11.7. The fourth-order valence-electron chi connectivity index (χ4n) is 1.71. The Morgan fingerprint density at radius 1 is 1.28 bits per heavy atom. The van der Waals surface area contributed by atoms with Gasteiger partial charge in [-0.15, -0.1) is 0 Å². The van der Waals surface area contributed by atoms with E-state index in [1.807, 2.05) is 23.9 Å². The minimum Gasteiger partial charge on any atom is -0.497 e. The van der Waals surface area contributed by atoms with Crippen LogP contribution in [0.5, 0.6) is 5.75 Å². The van der Waals surface area contributed by atoms with Crippen LogP contribution in [0.4, 0.5) is 0 Å². The van der Waals surface area contributed by atoms with Crippen LogP contribution in [0.3, 0.4) is 0 Å². The molecule has 1 rings (SSSR count). The highest BCUT2D eigenvalue weighted by Crippen LogP contribution is 2.32. The largest absolute Gasteiger partial charge is 0.497 e. The Balaban J connectivity index is 2.65. The SMILES string of the molecule is COc1ccc(C(SCCN(C)C)C(C)N)cc1. The molecule has 2 atom stereocenters. The van der Waals surface area contributed by atoms with Gasteiger partial charge in [0.05, 0.1) is 7.11 Å². The second-order valence-electron chi connectivity index (χ2n) is 4.73. The number of nitrogens with two attached hydrogens (primary N) is 1. The summed E-state index contributed by atoms with van der Waals surface area (Å²) >= 11 is 1.92. The van der Waals surface area contributed by atoms with E-state index in [-0.39, 0.29) is 6.04 Å². The highest BCUT2D eigenvalue weighted by Gasteiger charge is 2.16. The first kappa shape index (κ1) is 15.3. The number of thioether (sulfide) groups is 1. The predicted octanol–water partition coefficient (Wildman–Crippen LogP) is 2.38. The Bertz CT molecular complexity index is 338. The number of nitrogens with zero attached hydrogens (tertiary/aromatic N) is 1. The number of benzene rings is 1. The topological polar surface area (TPSA) is 38.5 Å². The van der Waals surface area contributed by atoms with Gasteiger partial charge >= 0.3 is 0 Å². The number of methoxy groups -OCH3 is 1. The molecule has 0 spiro atoms. The molecule has 2 unspecified atom stereocenters. The Morgan fingerprint density at radius 3 is 2.33 bits per heavy atom.